The van der Waals surface area contributed by atoms with Crippen molar-refractivity contribution in [1.29, 1.82) is 0 Å². The maximum atomic E-state index is 9.44. The number of hydrogen-bond acceptors (Lipinski definition) is 1. The second-order valence-corrected chi connectivity index (χ2v) is 2.74. The summed E-state index contributed by atoms with van der Waals surface area (Å²) in [5, 5.41) is 9.44. The fourth-order valence-corrected chi connectivity index (χ4v) is 1.28. The zero-order valence-electron chi connectivity index (χ0n) is 5.86. The second kappa shape index (κ2) is 4.03. The molecule has 0 aromatic carbocycles. The van der Waals surface area contributed by atoms with Gasteiger partial charge in [-0.1, -0.05) is 12.3 Å². The summed E-state index contributed by atoms with van der Waals surface area (Å²) < 4.78 is 0. The van der Waals surface area contributed by atoms with Gasteiger partial charge in [0, 0.05) is 17.1 Å². The first-order chi connectivity index (χ1) is 4.27. The Kier molecular flexibility index (Phi) is 4.05. The van der Waals surface area contributed by atoms with Crippen molar-refractivity contribution < 1.29 is 22.2 Å². The molecule has 1 rings (SSSR count). The molecule has 0 aliphatic heterocycles. The first kappa shape index (κ1) is 10.0. The zero-order chi connectivity index (χ0) is 6.74. The normalized spacial score (nSPS) is 22.4. The van der Waals surface area contributed by atoms with E-state index in [4.69, 9.17) is 6.42 Å². The van der Waals surface area contributed by atoms with Crippen LogP contribution in [-0.4, -0.2) is 10.7 Å². The van der Waals surface area contributed by atoms with Crippen LogP contribution in [0.15, 0.2) is 0 Å². The predicted octanol–water partition coefficient (Wildman–Crippen LogP) is 1.31. The Balaban J connectivity index is 0.000000810. The largest absolute Gasteiger partial charge is 0.378 e. The van der Waals surface area contributed by atoms with E-state index in [0.717, 1.165) is 25.7 Å². The van der Waals surface area contributed by atoms with Crippen LogP contribution in [0.3, 0.4) is 0 Å². The Morgan fingerprint density at radius 3 is 2.00 bits per heavy atom. The van der Waals surface area contributed by atoms with Gasteiger partial charge in [-0.2, -0.15) is 0 Å². The van der Waals surface area contributed by atoms with Gasteiger partial charge in [-0.15, -0.1) is 6.42 Å². The van der Waals surface area contributed by atoms with Gasteiger partial charge < -0.3 is 5.11 Å². The van der Waals surface area contributed by atoms with Gasteiger partial charge >= 0.3 is 0 Å². The third kappa shape index (κ3) is 2.34. The minimum atomic E-state index is -0.752. The van der Waals surface area contributed by atoms with E-state index in [9.17, 15) is 5.11 Å². The minimum Gasteiger partial charge on any atom is -0.378 e. The Bertz CT molecular complexity index is 131. The standard InChI is InChI=1S/C8H12O.Cu/c1-2-8(9)6-4-3-5-7-8;/h1,9H,3-7H2;. The van der Waals surface area contributed by atoms with E-state index in [1.807, 2.05) is 0 Å². The summed E-state index contributed by atoms with van der Waals surface area (Å²) in [4.78, 5) is 0. The minimum absolute atomic E-state index is 0. The van der Waals surface area contributed by atoms with E-state index in [-0.39, 0.29) is 17.1 Å². The van der Waals surface area contributed by atoms with Crippen LogP contribution in [0.2, 0.25) is 0 Å². The molecule has 0 spiro atoms. The summed E-state index contributed by atoms with van der Waals surface area (Å²) in [5.74, 6) is 2.44. The summed E-state index contributed by atoms with van der Waals surface area (Å²) in [6.45, 7) is 0. The molecule has 0 amide bonds. The van der Waals surface area contributed by atoms with Crippen molar-refractivity contribution in [1.82, 2.24) is 0 Å². The third-order valence-electron chi connectivity index (χ3n) is 1.95. The van der Waals surface area contributed by atoms with Crippen molar-refractivity contribution in [2.75, 3.05) is 0 Å². The quantitative estimate of drug-likeness (QED) is 0.448. The van der Waals surface area contributed by atoms with E-state index in [2.05, 4.69) is 5.92 Å². The number of rotatable bonds is 0. The van der Waals surface area contributed by atoms with Gasteiger partial charge in [0.15, 0.2) is 0 Å². The van der Waals surface area contributed by atoms with Crippen LogP contribution >= 0.6 is 0 Å². The average Bonchev–Trinajstić information content (AvgIpc) is 1.90. The van der Waals surface area contributed by atoms with Gasteiger partial charge in [0.2, 0.25) is 0 Å². The first-order valence-electron chi connectivity index (χ1n) is 3.47. The molecule has 1 N–H and O–H groups in total. The molecule has 1 nitrogen and oxygen atoms in total. The molecule has 0 aromatic rings. The summed E-state index contributed by atoms with van der Waals surface area (Å²) in [5.41, 5.74) is -0.752. The van der Waals surface area contributed by atoms with Gasteiger partial charge in [0.05, 0.1) is 0 Å². The van der Waals surface area contributed by atoms with Crippen LogP contribution < -0.4 is 0 Å². The van der Waals surface area contributed by atoms with Crippen LogP contribution in [0.25, 0.3) is 0 Å². The number of aliphatic hydroxyl groups is 1. The van der Waals surface area contributed by atoms with Crippen LogP contribution in [0.4, 0.5) is 0 Å². The Labute approximate surface area is 72.7 Å². The van der Waals surface area contributed by atoms with Crippen molar-refractivity contribution in [2.45, 2.75) is 37.7 Å². The third-order valence-corrected chi connectivity index (χ3v) is 1.95. The molecule has 0 heterocycles. The van der Waals surface area contributed by atoms with Gasteiger partial charge in [-0.25, -0.2) is 0 Å². The van der Waals surface area contributed by atoms with Crippen LogP contribution in [0.1, 0.15) is 32.1 Å². The molecule has 0 aromatic heterocycles. The zero-order valence-corrected chi connectivity index (χ0v) is 6.80. The fourth-order valence-electron chi connectivity index (χ4n) is 1.28. The van der Waals surface area contributed by atoms with Gasteiger partial charge in [0.1, 0.15) is 5.60 Å². The Morgan fingerprint density at radius 1 is 1.20 bits per heavy atom. The Hall–Kier alpha value is 0.0395. The second-order valence-electron chi connectivity index (χ2n) is 2.74. The fraction of sp³-hybridized carbons (Fsp3) is 0.750. The molecule has 61 valence electrons. The smallest absolute Gasteiger partial charge is 0.125 e. The maximum absolute atomic E-state index is 9.44. The van der Waals surface area contributed by atoms with Gasteiger partial charge in [0.25, 0.3) is 0 Å². The van der Waals surface area contributed by atoms with Gasteiger partial charge in [-0.05, 0) is 25.7 Å². The molecule has 1 radical (unpaired) electrons. The van der Waals surface area contributed by atoms with Crippen molar-refractivity contribution in [3.05, 3.63) is 0 Å². The molecule has 0 atom stereocenters. The molecule has 10 heavy (non-hydrogen) atoms. The monoisotopic (exact) mass is 187 g/mol. The van der Waals surface area contributed by atoms with Gasteiger partial charge in [-0.3, -0.25) is 0 Å². The van der Waals surface area contributed by atoms with Crippen molar-refractivity contribution in [2.24, 2.45) is 0 Å². The van der Waals surface area contributed by atoms with Crippen molar-refractivity contribution >= 4 is 0 Å². The maximum Gasteiger partial charge on any atom is 0.125 e. The molecular formula is C8H12CuO. The average molecular weight is 188 g/mol. The van der Waals surface area contributed by atoms with Crippen LogP contribution in [0, 0.1) is 12.3 Å². The molecule has 1 aliphatic carbocycles. The molecule has 0 bridgehead atoms. The molecule has 1 aliphatic rings. The summed E-state index contributed by atoms with van der Waals surface area (Å²) >= 11 is 0. The first-order valence-corrected chi connectivity index (χ1v) is 3.47. The van der Waals surface area contributed by atoms with Crippen LogP contribution in [0.5, 0.6) is 0 Å². The van der Waals surface area contributed by atoms with E-state index in [1.54, 1.807) is 0 Å². The molecule has 0 saturated heterocycles. The summed E-state index contributed by atoms with van der Waals surface area (Å²) in [6, 6.07) is 0. The van der Waals surface area contributed by atoms with Crippen LogP contribution in [-0.2, 0) is 17.1 Å². The number of hydrogen-bond donors (Lipinski definition) is 1. The molecule has 1 fully saturated rings. The molecule has 1 saturated carbocycles. The topological polar surface area (TPSA) is 20.2 Å². The van der Waals surface area contributed by atoms with E-state index < -0.39 is 5.60 Å². The van der Waals surface area contributed by atoms with E-state index in [0.29, 0.717) is 0 Å². The molecule has 0 unspecified atom stereocenters. The predicted molar refractivity (Wildman–Crippen MR) is 36.9 cm³/mol. The summed E-state index contributed by atoms with van der Waals surface area (Å²) in [7, 11) is 0. The Morgan fingerprint density at radius 2 is 1.70 bits per heavy atom. The molecular weight excluding hydrogens is 176 g/mol. The van der Waals surface area contributed by atoms with Crippen molar-refractivity contribution in [3.8, 4) is 12.3 Å². The van der Waals surface area contributed by atoms with E-state index >= 15 is 0 Å². The van der Waals surface area contributed by atoms with E-state index in [1.165, 1.54) is 6.42 Å². The molecule has 2 heteroatoms. The van der Waals surface area contributed by atoms with Crippen molar-refractivity contribution in [3.63, 3.8) is 0 Å². The SMILES string of the molecule is C#CC1(O)CCCCC1.[Cu]. The number of terminal acetylenes is 1. The summed E-state index contributed by atoms with van der Waals surface area (Å²) in [6.07, 6.45) is 10.1.